The average molecular weight is 426 g/mol. The van der Waals surface area contributed by atoms with Crippen molar-refractivity contribution in [3.05, 3.63) is 62.8 Å². The fraction of sp³-hybridized carbons (Fsp3) is 0.125. The van der Waals surface area contributed by atoms with Crippen LogP contribution in [0.25, 0.3) is 6.08 Å². The molecule has 1 N–H and O–H groups in total. The number of rotatable bonds is 5. The maximum atomic E-state index is 11.9. The normalized spacial score (nSPS) is 10.7. The van der Waals surface area contributed by atoms with E-state index >= 15 is 0 Å². The number of pyridine rings is 1. The van der Waals surface area contributed by atoms with Crippen LogP contribution in [0.15, 0.2) is 51.7 Å². The molecule has 0 saturated carbocycles. The van der Waals surface area contributed by atoms with Gasteiger partial charge in [-0.2, -0.15) is 0 Å². The summed E-state index contributed by atoms with van der Waals surface area (Å²) >= 11 is 6.85. The molecule has 1 aromatic carbocycles. The van der Waals surface area contributed by atoms with Gasteiger partial charge >= 0.3 is 0 Å². The topological polar surface area (TPSA) is 51.2 Å². The van der Waals surface area contributed by atoms with Crippen LogP contribution >= 0.6 is 31.9 Å². The van der Waals surface area contributed by atoms with Crippen molar-refractivity contribution in [3.63, 3.8) is 0 Å². The van der Waals surface area contributed by atoms with Gasteiger partial charge in [0.05, 0.1) is 11.6 Å². The molecule has 0 fully saturated rings. The molecule has 1 amide bonds. The van der Waals surface area contributed by atoms with Crippen LogP contribution in [0.1, 0.15) is 11.1 Å². The van der Waals surface area contributed by atoms with E-state index in [9.17, 15) is 4.79 Å². The Hall–Kier alpha value is -1.66. The molecule has 0 radical (unpaired) electrons. The summed E-state index contributed by atoms with van der Waals surface area (Å²) in [6, 6.07) is 7.49. The van der Waals surface area contributed by atoms with E-state index in [1.165, 1.54) is 6.08 Å². The van der Waals surface area contributed by atoms with Crippen molar-refractivity contribution in [1.29, 1.82) is 0 Å². The minimum atomic E-state index is -0.171. The Balaban J connectivity index is 2.04. The van der Waals surface area contributed by atoms with E-state index in [0.29, 0.717) is 12.3 Å². The highest BCUT2D eigenvalue weighted by molar-refractivity contribution is 9.11. The predicted molar refractivity (Wildman–Crippen MR) is 93.5 cm³/mol. The molecule has 2 aromatic rings. The molecule has 4 nitrogen and oxygen atoms in total. The van der Waals surface area contributed by atoms with E-state index in [4.69, 9.17) is 4.74 Å². The Morgan fingerprint density at radius 1 is 1.32 bits per heavy atom. The lowest BCUT2D eigenvalue weighted by Gasteiger charge is -2.08. The maximum Gasteiger partial charge on any atom is 0.244 e. The van der Waals surface area contributed by atoms with Crippen LogP contribution in [-0.2, 0) is 11.3 Å². The number of carbonyl (C=O) groups excluding carboxylic acids is 1. The van der Waals surface area contributed by atoms with Crippen molar-refractivity contribution in [2.24, 2.45) is 0 Å². The van der Waals surface area contributed by atoms with Crippen molar-refractivity contribution in [2.45, 2.75) is 6.54 Å². The molecule has 114 valence electrons. The molecule has 2 rings (SSSR count). The van der Waals surface area contributed by atoms with Gasteiger partial charge in [-0.1, -0.05) is 15.9 Å². The van der Waals surface area contributed by atoms with Crippen molar-refractivity contribution in [3.8, 4) is 5.75 Å². The van der Waals surface area contributed by atoms with E-state index in [1.807, 2.05) is 24.3 Å². The zero-order valence-electron chi connectivity index (χ0n) is 11.8. The summed E-state index contributed by atoms with van der Waals surface area (Å²) in [4.78, 5) is 15.8. The number of hydrogen-bond donors (Lipinski definition) is 1. The fourth-order valence-electron chi connectivity index (χ4n) is 1.83. The van der Waals surface area contributed by atoms with E-state index in [0.717, 1.165) is 20.1 Å². The summed E-state index contributed by atoms with van der Waals surface area (Å²) in [6.07, 6.45) is 6.59. The molecule has 0 saturated heterocycles. The molecule has 0 bridgehead atoms. The van der Waals surface area contributed by atoms with Gasteiger partial charge in [-0.25, -0.2) is 0 Å². The van der Waals surface area contributed by atoms with Gasteiger partial charge in [0.1, 0.15) is 5.75 Å². The van der Waals surface area contributed by atoms with Gasteiger partial charge in [0.25, 0.3) is 0 Å². The molecule has 1 heterocycles. The van der Waals surface area contributed by atoms with Crippen molar-refractivity contribution in [2.75, 3.05) is 7.11 Å². The van der Waals surface area contributed by atoms with Gasteiger partial charge in [-0.3, -0.25) is 9.78 Å². The third kappa shape index (κ3) is 4.68. The number of ether oxygens (including phenoxy) is 1. The number of benzene rings is 1. The Labute approximate surface area is 145 Å². The van der Waals surface area contributed by atoms with Gasteiger partial charge in [-0.05, 0) is 51.8 Å². The van der Waals surface area contributed by atoms with Crippen LogP contribution in [0.4, 0.5) is 0 Å². The number of nitrogens with one attached hydrogen (secondary N) is 1. The highest BCUT2D eigenvalue weighted by Gasteiger charge is 2.07. The molecule has 0 aliphatic carbocycles. The zero-order valence-corrected chi connectivity index (χ0v) is 15.0. The first kappa shape index (κ1) is 16.7. The van der Waals surface area contributed by atoms with Crippen LogP contribution < -0.4 is 10.1 Å². The predicted octanol–water partition coefficient (Wildman–Crippen LogP) is 3.94. The standard InChI is InChI=1S/C16H14Br2N2O2/c1-22-16-12(8-13(17)9-14(16)18)2-3-15(21)20-10-11-4-6-19-7-5-11/h2-9H,10H2,1H3,(H,20,21)/b3-2+. The Kier molecular flexibility index (Phi) is 6.15. The van der Waals surface area contributed by atoms with Crippen LogP contribution in [-0.4, -0.2) is 18.0 Å². The summed E-state index contributed by atoms with van der Waals surface area (Å²) in [7, 11) is 1.59. The highest BCUT2D eigenvalue weighted by Crippen LogP contribution is 2.33. The largest absolute Gasteiger partial charge is 0.495 e. The van der Waals surface area contributed by atoms with E-state index in [1.54, 1.807) is 25.6 Å². The first-order valence-corrected chi connectivity index (χ1v) is 8.06. The second-order valence-corrected chi connectivity index (χ2v) is 6.19. The Morgan fingerprint density at radius 2 is 2.05 bits per heavy atom. The maximum absolute atomic E-state index is 11.9. The third-order valence-corrected chi connectivity index (χ3v) is 3.92. The highest BCUT2D eigenvalue weighted by atomic mass is 79.9. The number of halogens is 2. The van der Waals surface area contributed by atoms with Gasteiger partial charge in [0.2, 0.25) is 5.91 Å². The molecule has 0 atom stereocenters. The second-order valence-electron chi connectivity index (χ2n) is 4.42. The minimum absolute atomic E-state index is 0.171. The molecular formula is C16H14Br2N2O2. The third-order valence-electron chi connectivity index (χ3n) is 2.87. The lowest BCUT2D eigenvalue weighted by Crippen LogP contribution is -2.20. The lowest BCUT2D eigenvalue weighted by atomic mass is 10.2. The molecule has 0 spiro atoms. The SMILES string of the molecule is COc1c(Br)cc(Br)cc1/C=C/C(=O)NCc1ccncc1. The number of nitrogens with zero attached hydrogens (tertiary/aromatic N) is 1. The van der Waals surface area contributed by atoms with Gasteiger partial charge in [0, 0.05) is 35.1 Å². The van der Waals surface area contributed by atoms with E-state index in [-0.39, 0.29) is 5.91 Å². The van der Waals surface area contributed by atoms with Gasteiger partial charge in [-0.15, -0.1) is 0 Å². The molecule has 0 aliphatic rings. The van der Waals surface area contributed by atoms with Crippen molar-refractivity contribution in [1.82, 2.24) is 10.3 Å². The van der Waals surface area contributed by atoms with Gasteiger partial charge < -0.3 is 10.1 Å². The molecule has 22 heavy (non-hydrogen) atoms. The average Bonchev–Trinajstić information content (AvgIpc) is 2.51. The number of hydrogen-bond acceptors (Lipinski definition) is 3. The van der Waals surface area contributed by atoms with Crippen LogP contribution in [0.3, 0.4) is 0 Å². The summed E-state index contributed by atoms with van der Waals surface area (Å²) in [5.41, 5.74) is 1.81. The molecule has 0 aliphatic heterocycles. The summed E-state index contributed by atoms with van der Waals surface area (Å²) in [5.74, 6) is 0.511. The number of aromatic nitrogens is 1. The lowest BCUT2D eigenvalue weighted by molar-refractivity contribution is -0.116. The number of carbonyl (C=O) groups is 1. The quantitative estimate of drug-likeness (QED) is 0.738. The number of methoxy groups -OCH3 is 1. The molecule has 1 aromatic heterocycles. The van der Waals surface area contributed by atoms with Crippen LogP contribution in [0.5, 0.6) is 5.75 Å². The smallest absolute Gasteiger partial charge is 0.244 e. The van der Waals surface area contributed by atoms with Crippen molar-refractivity contribution >= 4 is 43.8 Å². The summed E-state index contributed by atoms with van der Waals surface area (Å²) in [5, 5.41) is 2.82. The van der Waals surface area contributed by atoms with E-state index in [2.05, 4.69) is 42.2 Å². The van der Waals surface area contributed by atoms with Crippen LogP contribution in [0, 0.1) is 0 Å². The zero-order chi connectivity index (χ0) is 15.9. The van der Waals surface area contributed by atoms with E-state index < -0.39 is 0 Å². The monoisotopic (exact) mass is 424 g/mol. The van der Waals surface area contributed by atoms with Gasteiger partial charge in [0.15, 0.2) is 0 Å². The summed E-state index contributed by atoms with van der Waals surface area (Å²) in [6.45, 7) is 0.463. The summed E-state index contributed by atoms with van der Waals surface area (Å²) < 4.78 is 7.06. The first-order valence-electron chi connectivity index (χ1n) is 6.48. The first-order chi connectivity index (χ1) is 10.6. The van der Waals surface area contributed by atoms with Crippen LogP contribution in [0.2, 0.25) is 0 Å². The molecule has 0 unspecified atom stereocenters. The number of amides is 1. The Morgan fingerprint density at radius 3 is 2.73 bits per heavy atom. The molecular weight excluding hydrogens is 412 g/mol. The molecule has 6 heteroatoms. The fourth-order valence-corrected chi connectivity index (χ4v) is 3.25. The second kappa shape index (κ2) is 8.10. The minimum Gasteiger partial charge on any atom is -0.495 e. The van der Waals surface area contributed by atoms with Crippen molar-refractivity contribution < 1.29 is 9.53 Å². The Bertz CT molecular complexity index is 688.